The number of likely N-dealkylation sites (tertiary alicyclic amines) is 1. The second-order valence-corrected chi connectivity index (χ2v) is 14.8. The zero-order chi connectivity index (χ0) is 36.5. The molecule has 52 heavy (non-hydrogen) atoms. The molecule has 3 saturated heterocycles. The van der Waals surface area contributed by atoms with Gasteiger partial charge in [0.1, 0.15) is 34.0 Å². The number of aromatic nitrogens is 3. The Balaban J connectivity index is 1.21. The number of piperazine rings is 1. The summed E-state index contributed by atoms with van der Waals surface area (Å²) in [6.45, 7) is 4.19. The fourth-order valence-corrected chi connectivity index (χ4v) is 8.36. The van der Waals surface area contributed by atoms with E-state index in [1.165, 1.54) is 31.4 Å². The summed E-state index contributed by atoms with van der Waals surface area (Å²) in [5.41, 5.74) is -0.711. The summed E-state index contributed by atoms with van der Waals surface area (Å²) >= 11 is 0. The van der Waals surface area contributed by atoms with Crippen LogP contribution in [0, 0.1) is 35.3 Å². The number of alkyl halides is 3. The molecule has 3 unspecified atom stereocenters. The summed E-state index contributed by atoms with van der Waals surface area (Å²) < 4.78 is 84.1. The number of methoxy groups -OCH3 is 1. The van der Waals surface area contributed by atoms with Gasteiger partial charge in [-0.1, -0.05) is 12.0 Å². The molecule has 4 aliphatic rings. The summed E-state index contributed by atoms with van der Waals surface area (Å²) in [5.74, 6) is -0.232. The number of halogens is 5. The number of nitrogens with zero attached hydrogens (tertiary/aromatic N) is 5. The minimum Gasteiger partial charge on any atom is -0.508 e. The Morgan fingerprint density at radius 3 is 2.52 bits per heavy atom. The molecule has 0 amide bonds. The second-order valence-electron chi connectivity index (χ2n) is 14.8. The molecule has 3 aliphatic heterocycles. The molecule has 3 atom stereocenters. The molecule has 1 saturated carbocycles. The molecule has 14 heteroatoms. The normalized spacial score (nSPS) is 23.3. The van der Waals surface area contributed by atoms with Crippen LogP contribution in [0.25, 0.3) is 32.9 Å². The summed E-state index contributed by atoms with van der Waals surface area (Å²) in [4.78, 5) is 18.2. The van der Waals surface area contributed by atoms with E-state index in [2.05, 4.69) is 37.9 Å². The number of nitrogens with one attached hydrogen (secondary N) is 1. The number of terminal acetylenes is 1. The summed E-state index contributed by atoms with van der Waals surface area (Å²) in [7, 11) is 1.41. The molecule has 4 fully saturated rings. The molecule has 2 N–H and O–H groups in total. The van der Waals surface area contributed by atoms with Crippen LogP contribution in [0.5, 0.6) is 17.6 Å². The Hall–Kier alpha value is -4.48. The zero-order valence-electron chi connectivity index (χ0n) is 28.9. The highest BCUT2D eigenvalue weighted by molar-refractivity contribution is 6.04. The Bertz CT molecular complexity index is 2090. The molecule has 0 spiro atoms. The van der Waals surface area contributed by atoms with Gasteiger partial charge in [0.25, 0.3) is 0 Å². The number of phenols is 1. The Morgan fingerprint density at radius 1 is 1.06 bits per heavy atom. The molecule has 8 rings (SSSR count). The van der Waals surface area contributed by atoms with Crippen molar-refractivity contribution in [3.8, 4) is 41.2 Å². The molecule has 5 heterocycles. The molecule has 2 bridgehead atoms. The monoisotopic (exact) mass is 722 g/mol. The lowest BCUT2D eigenvalue weighted by Crippen LogP contribution is -2.57. The zero-order valence-corrected chi connectivity index (χ0v) is 28.9. The molecular weight excluding hydrogens is 683 g/mol. The number of ether oxygens (including phenoxy) is 2. The number of piperidine rings is 1. The van der Waals surface area contributed by atoms with Crippen molar-refractivity contribution in [3.63, 3.8) is 0 Å². The number of pyridine rings is 1. The summed E-state index contributed by atoms with van der Waals surface area (Å²) in [6.07, 6.45) is 5.31. The number of fused-ring (bicyclic) bond motifs is 4. The fraction of sp³-hybridized carbons (Fsp3) is 0.500. The van der Waals surface area contributed by atoms with E-state index in [-0.39, 0.29) is 93.7 Å². The van der Waals surface area contributed by atoms with Gasteiger partial charge in [0.05, 0.1) is 25.2 Å². The molecule has 1 aliphatic carbocycles. The van der Waals surface area contributed by atoms with Crippen LogP contribution in [0.2, 0.25) is 0 Å². The average molecular weight is 723 g/mol. The first-order chi connectivity index (χ1) is 24.9. The summed E-state index contributed by atoms with van der Waals surface area (Å²) in [5, 5.41) is 15.1. The lowest BCUT2D eigenvalue weighted by atomic mass is 9.95. The minimum absolute atomic E-state index is 0.0253. The van der Waals surface area contributed by atoms with Crippen LogP contribution in [-0.2, 0) is 0 Å². The lowest BCUT2D eigenvalue weighted by Gasteiger charge is -2.40. The van der Waals surface area contributed by atoms with Gasteiger partial charge in [-0.3, -0.25) is 0 Å². The van der Waals surface area contributed by atoms with E-state index in [0.717, 1.165) is 25.7 Å². The van der Waals surface area contributed by atoms with Gasteiger partial charge >= 0.3 is 12.2 Å². The number of hydrogen-bond acceptors (Lipinski definition) is 9. The van der Waals surface area contributed by atoms with Crippen molar-refractivity contribution < 1.29 is 36.5 Å². The Morgan fingerprint density at radius 2 is 1.83 bits per heavy atom. The average Bonchev–Trinajstić information content (AvgIpc) is 3.77. The third kappa shape index (κ3) is 6.11. The first kappa shape index (κ1) is 34.6. The van der Waals surface area contributed by atoms with Gasteiger partial charge in [-0.05, 0) is 82.1 Å². The number of anilines is 1. The number of hydrogen-bond donors (Lipinski definition) is 2. The molecule has 2 aromatic carbocycles. The first-order valence-corrected chi connectivity index (χ1v) is 17.7. The van der Waals surface area contributed by atoms with Crippen LogP contribution in [0.3, 0.4) is 0 Å². The molecule has 4 aromatic rings. The minimum atomic E-state index is -4.18. The van der Waals surface area contributed by atoms with Crippen molar-refractivity contribution in [1.29, 1.82) is 0 Å². The third-order valence-electron chi connectivity index (χ3n) is 11.5. The van der Waals surface area contributed by atoms with E-state index in [0.29, 0.717) is 37.4 Å². The van der Waals surface area contributed by atoms with Gasteiger partial charge in [0, 0.05) is 47.6 Å². The SMILES string of the molecule is C#Cc1c(F)ccc2cc(O)cc(-c3nc(OC)c4c(N5CC6CCC(N6)C5C)nc(OCC5(CN6CCC(C(F)(F)F)CC6)CC5)nc4c3F)c12. The maximum absolute atomic E-state index is 17.2. The quantitative estimate of drug-likeness (QED) is 0.155. The van der Waals surface area contributed by atoms with Gasteiger partial charge in [0.15, 0.2) is 5.82 Å². The highest BCUT2D eigenvalue weighted by atomic mass is 19.4. The van der Waals surface area contributed by atoms with Gasteiger partial charge in [-0.2, -0.15) is 23.1 Å². The standard InChI is InChI=1S/C38H39F5N6O3/c1-4-25-27(39)7-5-21-15-24(50)16-26(29(21)25)32-31(40)33-30(35(45-32)51-3)34(49-17-23-6-8-28(44-23)20(49)2)47-36(46-33)52-19-37(11-12-37)18-48-13-9-22(10-14-48)38(41,42)43/h1,5,7,15-16,20,22-23,28,44,50H,6,8-14,17-19H2,2-3H3. The van der Waals surface area contributed by atoms with Crippen molar-refractivity contribution >= 4 is 27.5 Å². The highest BCUT2D eigenvalue weighted by Crippen LogP contribution is 2.48. The van der Waals surface area contributed by atoms with Crippen molar-refractivity contribution in [3.05, 3.63) is 41.5 Å². The number of benzene rings is 2. The molecule has 0 radical (unpaired) electrons. The smallest absolute Gasteiger partial charge is 0.391 e. The van der Waals surface area contributed by atoms with Crippen molar-refractivity contribution in [1.82, 2.24) is 25.2 Å². The van der Waals surface area contributed by atoms with Crippen molar-refractivity contribution in [2.45, 2.75) is 69.8 Å². The van der Waals surface area contributed by atoms with Gasteiger partial charge in [0.2, 0.25) is 5.88 Å². The predicted octanol–water partition coefficient (Wildman–Crippen LogP) is 6.58. The largest absolute Gasteiger partial charge is 0.508 e. The molecule has 2 aromatic heterocycles. The first-order valence-electron chi connectivity index (χ1n) is 17.7. The fourth-order valence-electron chi connectivity index (χ4n) is 8.36. The third-order valence-corrected chi connectivity index (χ3v) is 11.5. The number of phenolic OH excluding ortho intramolecular Hbond substituents is 1. The number of rotatable bonds is 8. The van der Waals surface area contributed by atoms with Crippen LogP contribution < -0.4 is 19.7 Å². The predicted molar refractivity (Wildman–Crippen MR) is 185 cm³/mol. The molecular formula is C38H39F5N6O3. The van der Waals surface area contributed by atoms with Gasteiger partial charge in [-0.25, -0.2) is 13.8 Å². The van der Waals surface area contributed by atoms with Crippen LogP contribution in [0.15, 0.2) is 24.3 Å². The van der Waals surface area contributed by atoms with Crippen LogP contribution in [-0.4, -0.2) is 89.2 Å². The molecule has 9 nitrogen and oxygen atoms in total. The maximum Gasteiger partial charge on any atom is 0.391 e. The van der Waals surface area contributed by atoms with E-state index in [9.17, 15) is 22.7 Å². The van der Waals surface area contributed by atoms with Crippen LogP contribution in [0.1, 0.15) is 51.0 Å². The van der Waals surface area contributed by atoms with E-state index < -0.39 is 23.7 Å². The van der Waals surface area contributed by atoms with Gasteiger partial charge < -0.3 is 29.7 Å². The van der Waals surface area contributed by atoms with Crippen LogP contribution >= 0.6 is 0 Å². The number of aromatic hydroxyl groups is 1. The Kier molecular flexibility index (Phi) is 8.57. The van der Waals surface area contributed by atoms with Crippen molar-refractivity contribution in [2.75, 3.05) is 44.8 Å². The topological polar surface area (TPSA) is 95.9 Å². The van der Waals surface area contributed by atoms with E-state index in [4.69, 9.17) is 20.9 Å². The van der Waals surface area contributed by atoms with Gasteiger partial charge in [-0.15, -0.1) is 6.42 Å². The summed E-state index contributed by atoms with van der Waals surface area (Å²) in [6, 6.07) is 5.63. The second kappa shape index (κ2) is 12.9. The maximum atomic E-state index is 17.2. The highest BCUT2D eigenvalue weighted by Gasteiger charge is 2.47. The van der Waals surface area contributed by atoms with E-state index >= 15 is 4.39 Å². The van der Waals surface area contributed by atoms with E-state index in [1.807, 2.05) is 0 Å². The molecule has 274 valence electrons. The van der Waals surface area contributed by atoms with Crippen molar-refractivity contribution in [2.24, 2.45) is 11.3 Å². The Labute approximate surface area is 297 Å². The van der Waals surface area contributed by atoms with E-state index in [1.54, 1.807) is 0 Å². The lowest BCUT2D eigenvalue weighted by molar-refractivity contribution is -0.185. The van der Waals surface area contributed by atoms with Crippen LogP contribution in [0.4, 0.5) is 27.8 Å².